The van der Waals surface area contributed by atoms with Crippen molar-refractivity contribution in [3.8, 4) is 0 Å². The highest BCUT2D eigenvalue weighted by Gasteiger charge is 2.36. The van der Waals surface area contributed by atoms with Crippen molar-refractivity contribution in [1.29, 1.82) is 0 Å². The van der Waals surface area contributed by atoms with Crippen LogP contribution in [0.4, 0.5) is 8.78 Å². The molecule has 0 aromatic carbocycles. The highest BCUT2D eigenvalue weighted by molar-refractivity contribution is 5.97. The van der Waals surface area contributed by atoms with Crippen molar-refractivity contribution >= 4 is 5.78 Å². The third kappa shape index (κ3) is 3.51. The predicted molar refractivity (Wildman–Crippen MR) is 64.6 cm³/mol. The van der Waals surface area contributed by atoms with Gasteiger partial charge in [-0.25, -0.2) is 8.78 Å². The van der Waals surface area contributed by atoms with Gasteiger partial charge in [0.15, 0.2) is 17.1 Å². The summed E-state index contributed by atoms with van der Waals surface area (Å²) in [6, 6.07) is 0. The fourth-order valence-electron chi connectivity index (χ4n) is 1.59. The Labute approximate surface area is 102 Å². The molecule has 0 amide bonds. The van der Waals surface area contributed by atoms with Crippen LogP contribution in [-0.4, -0.2) is 22.2 Å². The van der Waals surface area contributed by atoms with E-state index >= 15 is 0 Å². The highest BCUT2D eigenvalue weighted by Crippen LogP contribution is 2.30. The van der Waals surface area contributed by atoms with E-state index in [9.17, 15) is 18.7 Å². The Morgan fingerprint density at radius 1 is 1.00 bits per heavy atom. The molecule has 0 heterocycles. The predicted octanol–water partition coefficient (Wildman–Crippen LogP) is 4.05. The standard InChI is InChI=1S/C13H22F2O2/c1-5-12(14,6-2)10(16)9-11(17)13(15,7-3)8-4/h9,16H,5-8H2,1-4H3/b10-9-. The molecule has 0 aliphatic carbocycles. The average Bonchev–Trinajstić information content (AvgIpc) is 2.36. The van der Waals surface area contributed by atoms with Gasteiger partial charge in [0, 0.05) is 6.08 Å². The van der Waals surface area contributed by atoms with Gasteiger partial charge in [0.2, 0.25) is 0 Å². The van der Waals surface area contributed by atoms with Gasteiger partial charge in [0.1, 0.15) is 5.76 Å². The van der Waals surface area contributed by atoms with Gasteiger partial charge in [0.25, 0.3) is 0 Å². The molecule has 17 heavy (non-hydrogen) atoms. The highest BCUT2D eigenvalue weighted by atomic mass is 19.1. The van der Waals surface area contributed by atoms with Crippen LogP contribution >= 0.6 is 0 Å². The normalized spacial score (nSPS) is 13.9. The smallest absolute Gasteiger partial charge is 0.196 e. The number of aliphatic hydroxyl groups excluding tert-OH is 1. The molecule has 0 aromatic heterocycles. The van der Waals surface area contributed by atoms with Crippen molar-refractivity contribution in [2.24, 2.45) is 0 Å². The molecule has 100 valence electrons. The quantitative estimate of drug-likeness (QED) is 0.545. The summed E-state index contributed by atoms with van der Waals surface area (Å²) in [7, 11) is 0. The molecule has 4 heteroatoms. The van der Waals surface area contributed by atoms with E-state index in [-0.39, 0.29) is 25.7 Å². The van der Waals surface area contributed by atoms with Gasteiger partial charge < -0.3 is 5.11 Å². The molecular weight excluding hydrogens is 226 g/mol. The van der Waals surface area contributed by atoms with Gasteiger partial charge in [-0.15, -0.1) is 0 Å². The second kappa shape index (κ2) is 6.12. The fraction of sp³-hybridized carbons (Fsp3) is 0.769. The van der Waals surface area contributed by atoms with Crippen LogP contribution in [0.25, 0.3) is 0 Å². The second-order valence-corrected chi connectivity index (χ2v) is 4.24. The fourth-order valence-corrected chi connectivity index (χ4v) is 1.59. The maximum Gasteiger partial charge on any atom is 0.196 e. The van der Waals surface area contributed by atoms with Crippen LogP contribution < -0.4 is 0 Å². The lowest BCUT2D eigenvalue weighted by Crippen LogP contribution is -2.33. The van der Waals surface area contributed by atoms with E-state index in [2.05, 4.69) is 0 Å². The Kier molecular flexibility index (Phi) is 5.79. The van der Waals surface area contributed by atoms with E-state index in [4.69, 9.17) is 0 Å². The molecule has 0 aromatic rings. The van der Waals surface area contributed by atoms with E-state index in [1.165, 1.54) is 0 Å². The Bertz CT molecular complexity index is 290. The van der Waals surface area contributed by atoms with E-state index in [1.807, 2.05) is 0 Å². The van der Waals surface area contributed by atoms with Crippen LogP contribution in [0.2, 0.25) is 0 Å². The Morgan fingerprint density at radius 2 is 1.35 bits per heavy atom. The molecule has 0 radical (unpaired) electrons. The van der Waals surface area contributed by atoms with E-state index in [0.717, 1.165) is 0 Å². The van der Waals surface area contributed by atoms with Gasteiger partial charge >= 0.3 is 0 Å². The number of halogens is 2. The number of carbonyl (C=O) groups is 1. The average molecular weight is 248 g/mol. The number of rotatable bonds is 7. The summed E-state index contributed by atoms with van der Waals surface area (Å²) in [5.41, 5.74) is -3.94. The molecule has 0 atom stereocenters. The Morgan fingerprint density at radius 3 is 1.65 bits per heavy atom. The number of alkyl halides is 2. The van der Waals surface area contributed by atoms with Crippen LogP contribution in [0.1, 0.15) is 53.4 Å². The summed E-state index contributed by atoms with van der Waals surface area (Å²) < 4.78 is 28.0. The summed E-state index contributed by atoms with van der Waals surface area (Å²) in [4.78, 5) is 11.6. The maximum atomic E-state index is 14.0. The molecule has 0 spiro atoms. The lowest BCUT2D eigenvalue weighted by Gasteiger charge is -2.23. The van der Waals surface area contributed by atoms with Gasteiger partial charge in [-0.2, -0.15) is 0 Å². The molecule has 1 N–H and O–H groups in total. The minimum absolute atomic E-state index is 0.0175. The third-order valence-corrected chi connectivity index (χ3v) is 3.41. The minimum Gasteiger partial charge on any atom is -0.509 e. The number of hydrogen-bond donors (Lipinski definition) is 1. The first-order valence-corrected chi connectivity index (χ1v) is 6.13. The van der Waals surface area contributed by atoms with Gasteiger partial charge in [-0.05, 0) is 25.7 Å². The van der Waals surface area contributed by atoms with Crippen molar-refractivity contribution in [1.82, 2.24) is 0 Å². The molecule has 0 saturated carbocycles. The van der Waals surface area contributed by atoms with Crippen molar-refractivity contribution in [3.63, 3.8) is 0 Å². The molecule has 0 rings (SSSR count). The summed E-state index contributed by atoms with van der Waals surface area (Å²) in [6.45, 7) is 6.24. The number of allylic oxidation sites excluding steroid dienone is 2. The Balaban J connectivity index is 5.10. The van der Waals surface area contributed by atoms with E-state index in [1.54, 1.807) is 27.7 Å². The van der Waals surface area contributed by atoms with Gasteiger partial charge in [-0.1, -0.05) is 27.7 Å². The summed E-state index contributed by atoms with van der Waals surface area (Å²) in [6.07, 6.45) is 0.848. The minimum atomic E-state index is -2.00. The molecule has 0 fully saturated rings. The van der Waals surface area contributed by atoms with Crippen LogP contribution in [0.15, 0.2) is 11.8 Å². The summed E-state index contributed by atoms with van der Waals surface area (Å²) in [5, 5.41) is 9.59. The largest absolute Gasteiger partial charge is 0.509 e. The number of carbonyl (C=O) groups excluding carboxylic acids is 1. The lowest BCUT2D eigenvalue weighted by atomic mass is 9.90. The monoisotopic (exact) mass is 248 g/mol. The Hall–Kier alpha value is -0.930. The van der Waals surface area contributed by atoms with Crippen molar-refractivity contribution in [3.05, 3.63) is 11.8 Å². The molecule has 2 nitrogen and oxygen atoms in total. The van der Waals surface area contributed by atoms with Crippen molar-refractivity contribution in [2.45, 2.75) is 64.7 Å². The third-order valence-electron chi connectivity index (χ3n) is 3.41. The number of aliphatic hydroxyl groups is 1. The van der Waals surface area contributed by atoms with Crippen LogP contribution in [0.3, 0.4) is 0 Å². The molecule has 0 bridgehead atoms. The van der Waals surface area contributed by atoms with Gasteiger partial charge in [-0.3, -0.25) is 4.79 Å². The molecule has 0 unspecified atom stereocenters. The SMILES string of the molecule is CCC(F)(CC)C(=O)/C=C(\O)C(F)(CC)CC. The maximum absolute atomic E-state index is 14.0. The van der Waals surface area contributed by atoms with Crippen molar-refractivity contribution in [2.75, 3.05) is 0 Å². The van der Waals surface area contributed by atoms with Crippen LogP contribution in [0.5, 0.6) is 0 Å². The zero-order valence-electron chi connectivity index (χ0n) is 11.0. The zero-order chi connectivity index (χ0) is 13.7. The number of hydrogen-bond acceptors (Lipinski definition) is 2. The van der Waals surface area contributed by atoms with E-state index in [0.29, 0.717) is 6.08 Å². The van der Waals surface area contributed by atoms with Crippen LogP contribution in [0, 0.1) is 0 Å². The summed E-state index contributed by atoms with van der Waals surface area (Å²) >= 11 is 0. The molecule has 0 saturated heterocycles. The first kappa shape index (κ1) is 16.1. The topological polar surface area (TPSA) is 37.3 Å². The van der Waals surface area contributed by atoms with Crippen LogP contribution in [-0.2, 0) is 4.79 Å². The first-order chi connectivity index (χ1) is 7.79. The van der Waals surface area contributed by atoms with Crippen molar-refractivity contribution < 1.29 is 18.7 Å². The van der Waals surface area contributed by atoms with Gasteiger partial charge in [0.05, 0.1) is 0 Å². The first-order valence-electron chi connectivity index (χ1n) is 6.13. The summed E-state index contributed by atoms with van der Waals surface area (Å²) in [5.74, 6) is -1.53. The molecule has 0 aliphatic heterocycles. The molecular formula is C13H22F2O2. The number of ketones is 1. The van der Waals surface area contributed by atoms with E-state index < -0.39 is 22.9 Å². The zero-order valence-corrected chi connectivity index (χ0v) is 11.0. The lowest BCUT2D eigenvalue weighted by molar-refractivity contribution is -0.126. The molecule has 0 aliphatic rings. The second-order valence-electron chi connectivity index (χ2n) is 4.24.